The van der Waals surface area contributed by atoms with Crippen LogP contribution in [0.25, 0.3) is 44.9 Å². The third kappa shape index (κ3) is 4.42. The lowest BCUT2D eigenvalue weighted by atomic mass is 10.2. The first kappa shape index (κ1) is 22.8. The summed E-state index contributed by atoms with van der Waals surface area (Å²) in [7, 11) is 0. The number of ether oxygens (including phenoxy) is 1. The number of para-hydroxylation sites is 1. The number of H-pyrrole nitrogens is 1. The summed E-state index contributed by atoms with van der Waals surface area (Å²) in [5, 5.41) is 1.17. The van der Waals surface area contributed by atoms with Gasteiger partial charge in [-0.1, -0.05) is 35.9 Å². The van der Waals surface area contributed by atoms with Crippen molar-refractivity contribution < 1.29 is 13.9 Å². The number of aromatic nitrogens is 4. The van der Waals surface area contributed by atoms with Crippen LogP contribution in [0.3, 0.4) is 0 Å². The molecule has 0 aliphatic heterocycles. The second-order valence-corrected chi connectivity index (χ2v) is 9.47. The number of nitrogens with one attached hydrogen (secondary N) is 1. The largest absolute Gasteiger partial charge is 0.443 e. The molecular weight excluding hydrogens is 467 g/mol. The average molecular weight is 489 g/mol. The van der Waals surface area contributed by atoms with Crippen molar-refractivity contribution in [2.75, 3.05) is 0 Å². The molecule has 3 heterocycles. The van der Waals surface area contributed by atoms with E-state index in [-0.39, 0.29) is 10.6 Å². The van der Waals surface area contributed by atoms with Gasteiger partial charge < -0.3 is 9.72 Å². The number of carbonyl (C=O) groups excluding carboxylic acids is 1. The maximum atomic E-state index is 14.3. The number of aromatic amines is 1. The van der Waals surface area contributed by atoms with E-state index in [1.54, 1.807) is 24.5 Å². The molecule has 0 unspecified atom stereocenters. The van der Waals surface area contributed by atoms with Crippen LogP contribution < -0.4 is 0 Å². The van der Waals surface area contributed by atoms with Gasteiger partial charge in [-0.05, 0) is 57.2 Å². The first-order valence-electron chi connectivity index (χ1n) is 11.0. The minimum absolute atomic E-state index is 0.215. The smallest absolute Gasteiger partial charge is 0.419 e. The van der Waals surface area contributed by atoms with E-state index in [1.807, 2.05) is 63.2 Å². The summed E-state index contributed by atoms with van der Waals surface area (Å²) < 4.78 is 21.5. The molecule has 1 N–H and O–H groups in total. The molecule has 2 aromatic carbocycles. The van der Waals surface area contributed by atoms with Crippen molar-refractivity contribution in [3.8, 4) is 34.0 Å². The van der Waals surface area contributed by atoms with Crippen molar-refractivity contribution in [1.29, 1.82) is 0 Å². The second-order valence-electron chi connectivity index (χ2n) is 9.07. The first-order chi connectivity index (χ1) is 16.7. The van der Waals surface area contributed by atoms with E-state index in [0.29, 0.717) is 22.9 Å². The number of hydrogen-bond acceptors (Lipinski definition) is 4. The number of hydrogen-bond donors (Lipinski definition) is 1. The zero-order valence-corrected chi connectivity index (χ0v) is 20.1. The van der Waals surface area contributed by atoms with Crippen LogP contribution in [-0.4, -0.2) is 31.2 Å². The number of imidazole rings is 1. The quantitative estimate of drug-likeness (QED) is 0.288. The molecule has 0 radical (unpaired) electrons. The van der Waals surface area contributed by atoms with Crippen LogP contribution in [0.1, 0.15) is 20.8 Å². The Balaban J connectivity index is 1.52. The summed E-state index contributed by atoms with van der Waals surface area (Å²) in [6, 6.07) is 17.7. The van der Waals surface area contributed by atoms with E-state index in [4.69, 9.17) is 16.3 Å². The topological polar surface area (TPSA) is 72.8 Å². The number of fused-ring (bicyclic) bond motifs is 1. The second kappa shape index (κ2) is 8.67. The van der Waals surface area contributed by atoms with Gasteiger partial charge in [-0.25, -0.2) is 18.7 Å². The standard InChI is InChI=1S/C27H22ClFN4O2/c1-27(2,3)35-26(34)33-22-10-5-4-7-16(22)13-23(33)20-12-11-17(14-30-20)21-15-31-25(32-21)24-18(28)8-6-9-19(24)29/h4-15H,1-3H3,(H,31,32). The van der Waals surface area contributed by atoms with E-state index in [2.05, 4.69) is 15.0 Å². The minimum atomic E-state index is -0.643. The fourth-order valence-electron chi connectivity index (χ4n) is 3.87. The highest BCUT2D eigenvalue weighted by Gasteiger charge is 2.23. The fourth-order valence-corrected chi connectivity index (χ4v) is 4.12. The SMILES string of the molecule is CC(C)(C)OC(=O)n1c(-c2ccc(-c3c[nH]c(-c4c(F)cccc4Cl)n3)cn2)cc2ccccc21. The van der Waals surface area contributed by atoms with Gasteiger partial charge in [-0.3, -0.25) is 4.98 Å². The van der Waals surface area contributed by atoms with Gasteiger partial charge in [0.25, 0.3) is 0 Å². The average Bonchev–Trinajstić information content (AvgIpc) is 3.43. The van der Waals surface area contributed by atoms with Crippen LogP contribution in [0.15, 0.2) is 73.1 Å². The van der Waals surface area contributed by atoms with Gasteiger partial charge in [0.1, 0.15) is 17.2 Å². The summed E-state index contributed by atoms with van der Waals surface area (Å²) in [5.74, 6) is -0.126. The van der Waals surface area contributed by atoms with Gasteiger partial charge in [0.05, 0.1) is 33.2 Å². The molecule has 0 spiro atoms. The van der Waals surface area contributed by atoms with Crippen molar-refractivity contribution in [1.82, 2.24) is 19.5 Å². The predicted molar refractivity (Wildman–Crippen MR) is 135 cm³/mol. The minimum Gasteiger partial charge on any atom is -0.443 e. The number of pyridine rings is 1. The van der Waals surface area contributed by atoms with E-state index in [1.165, 1.54) is 10.6 Å². The van der Waals surface area contributed by atoms with E-state index in [0.717, 1.165) is 16.5 Å². The lowest BCUT2D eigenvalue weighted by Gasteiger charge is -2.21. The molecule has 0 fully saturated rings. The van der Waals surface area contributed by atoms with E-state index in [9.17, 15) is 9.18 Å². The number of rotatable bonds is 3. The summed E-state index contributed by atoms with van der Waals surface area (Å²) >= 11 is 6.17. The van der Waals surface area contributed by atoms with Crippen molar-refractivity contribution in [3.05, 3.63) is 83.9 Å². The molecule has 6 nitrogen and oxygen atoms in total. The van der Waals surface area contributed by atoms with Crippen molar-refractivity contribution >= 4 is 28.6 Å². The van der Waals surface area contributed by atoms with Gasteiger partial charge in [0.2, 0.25) is 0 Å². The zero-order chi connectivity index (χ0) is 24.7. The number of halogens is 2. The van der Waals surface area contributed by atoms with Crippen LogP contribution in [0.4, 0.5) is 9.18 Å². The van der Waals surface area contributed by atoms with Gasteiger partial charge in [-0.15, -0.1) is 0 Å². The highest BCUT2D eigenvalue weighted by atomic mass is 35.5. The Labute approximate surface area is 206 Å². The predicted octanol–water partition coefficient (Wildman–Crippen LogP) is 7.34. The lowest BCUT2D eigenvalue weighted by molar-refractivity contribution is 0.0547. The van der Waals surface area contributed by atoms with Gasteiger partial charge in [0, 0.05) is 23.3 Å². The number of nitrogens with zero attached hydrogens (tertiary/aromatic N) is 3. The summed E-state index contributed by atoms with van der Waals surface area (Å²) in [5.41, 5.74) is 2.84. The van der Waals surface area contributed by atoms with Crippen molar-refractivity contribution in [2.24, 2.45) is 0 Å². The Morgan fingerprint density at radius 2 is 1.86 bits per heavy atom. The third-order valence-electron chi connectivity index (χ3n) is 5.39. The molecule has 8 heteroatoms. The number of carbonyl (C=O) groups is 1. The summed E-state index contributed by atoms with van der Waals surface area (Å²) in [6.45, 7) is 5.49. The Kier molecular flexibility index (Phi) is 5.65. The molecule has 35 heavy (non-hydrogen) atoms. The molecule has 5 aromatic rings. The summed E-state index contributed by atoms with van der Waals surface area (Å²) in [4.78, 5) is 25.1. The third-order valence-corrected chi connectivity index (χ3v) is 5.70. The Hall–Kier alpha value is -3.97. The van der Waals surface area contributed by atoms with Crippen LogP contribution in [0.2, 0.25) is 5.02 Å². The van der Waals surface area contributed by atoms with E-state index < -0.39 is 17.5 Å². The molecule has 5 rings (SSSR count). The zero-order valence-electron chi connectivity index (χ0n) is 19.3. The lowest BCUT2D eigenvalue weighted by Crippen LogP contribution is -2.27. The van der Waals surface area contributed by atoms with Crippen molar-refractivity contribution in [3.63, 3.8) is 0 Å². The van der Waals surface area contributed by atoms with Gasteiger partial charge in [0.15, 0.2) is 0 Å². The molecule has 0 amide bonds. The molecule has 0 saturated carbocycles. The van der Waals surface area contributed by atoms with E-state index >= 15 is 0 Å². The Morgan fingerprint density at radius 1 is 1.06 bits per heavy atom. The Morgan fingerprint density at radius 3 is 2.57 bits per heavy atom. The van der Waals surface area contributed by atoms with Crippen LogP contribution in [0, 0.1) is 5.82 Å². The highest BCUT2D eigenvalue weighted by molar-refractivity contribution is 6.33. The first-order valence-corrected chi connectivity index (χ1v) is 11.4. The van der Waals surface area contributed by atoms with Crippen molar-refractivity contribution in [2.45, 2.75) is 26.4 Å². The molecule has 0 atom stereocenters. The molecule has 0 saturated heterocycles. The summed E-state index contributed by atoms with van der Waals surface area (Å²) in [6.07, 6.45) is 2.86. The monoisotopic (exact) mass is 488 g/mol. The van der Waals surface area contributed by atoms with Gasteiger partial charge >= 0.3 is 6.09 Å². The molecule has 0 bridgehead atoms. The Bertz CT molecular complexity index is 1530. The number of benzene rings is 2. The maximum absolute atomic E-state index is 14.3. The van der Waals surface area contributed by atoms with Gasteiger partial charge in [-0.2, -0.15) is 0 Å². The maximum Gasteiger partial charge on any atom is 0.419 e. The molecule has 3 aromatic heterocycles. The highest BCUT2D eigenvalue weighted by Crippen LogP contribution is 2.32. The normalized spacial score (nSPS) is 11.7. The van der Waals surface area contributed by atoms with Crippen LogP contribution in [-0.2, 0) is 4.74 Å². The molecule has 0 aliphatic rings. The fraction of sp³-hybridized carbons (Fsp3) is 0.148. The molecule has 176 valence electrons. The van der Waals surface area contributed by atoms with Crippen LogP contribution in [0.5, 0.6) is 0 Å². The molecular formula is C27H22ClFN4O2. The van der Waals surface area contributed by atoms with Crippen LogP contribution >= 0.6 is 11.6 Å². The molecule has 0 aliphatic carbocycles.